The highest BCUT2D eigenvalue weighted by Gasteiger charge is 2.19. The number of hydrogen-bond acceptors (Lipinski definition) is 3. The fourth-order valence-electron chi connectivity index (χ4n) is 1.92. The van der Waals surface area contributed by atoms with Crippen molar-refractivity contribution in [1.29, 1.82) is 5.26 Å². The van der Waals surface area contributed by atoms with E-state index in [1.165, 1.54) is 17.8 Å². The van der Waals surface area contributed by atoms with Gasteiger partial charge in [-0.05, 0) is 17.9 Å². The maximum Gasteiger partial charge on any atom is 0.265 e. The van der Waals surface area contributed by atoms with E-state index in [0.29, 0.717) is 17.1 Å². The largest absolute Gasteiger partial charge is 0.265 e. The first-order valence-corrected chi connectivity index (χ1v) is 7.18. The molecule has 0 aliphatic carbocycles. The van der Waals surface area contributed by atoms with Gasteiger partial charge in [-0.15, -0.1) is 11.8 Å². The molecule has 0 unspecified atom stereocenters. The molecule has 20 heavy (non-hydrogen) atoms. The number of nitrogens with zero attached hydrogens (tertiary/aromatic N) is 2. The van der Waals surface area contributed by atoms with Gasteiger partial charge in [0.05, 0.1) is 5.56 Å². The molecule has 0 N–H and O–H groups in total. The number of halogens is 2. The highest BCUT2D eigenvalue weighted by atomic mass is 32.2. The zero-order valence-electron chi connectivity index (χ0n) is 10.8. The molecule has 0 saturated carbocycles. The minimum atomic E-state index is -2.67. The number of thioether (sulfide) groups is 1. The average molecular weight is 290 g/mol. The molecule has 0 bridgehead atoms. The van der Waals surface area contributed by atoms with Gasteiger partial charge in [0.2, 0.25) is 0 Å². The van der Waals surface area contributed by atoms with Crippen molar-refractivity contribution >= 4 is 11.8 Å². The lowest BCUT2D eigenvalue weighted by molar-refractivity contribution is 0.150. The average Bonchev–Trinajstić information content (AvgIpc) is 2.47. The minimum absolute atomic E-state index is 0.0238. The third-order valence-corrected chi connectivity index (χ3v) is 3.52. The number of hydrogen-bond donors (Lipinski definition) is 0. The Kier molecular flexibility index (Phi) is 4.70. The standard InChI is InChI=1S/C15H12F2N2S/c1-20-15-13(9-18)12(14(16)17)8-11(19-15)7-10-5-3-2-4-6-10/h2-6,8,14H,7H2,1H3. The quantitative estimate of drug-likeness (QED) is 0.792. The van der Waals surface area contributed by atoms with E-state index in [9.17, 15) is 8.78 Å². The van der Waals surface area contributed by atoms with E-state index in [2.05, 4.69) is 4.98 Å². The first kappa shape index (κ1) is 14.5. The highest BCUT2D eigenvalue weighted by Crippen LogP contribution is 2.29. The van der Waals surface area contributed by atoms with Crippen LogP contribution < -0.4 is 0 Å². The Labute approximate surface area is 120 Å². The van der Waals surface area contributed by atoms with Crippen LogP contribution in [0.15, 0.2) is 41.4 Å². The summed E-state index contributed by atoms with van der Waals surface area (Å²) in [5.41, 5.74) is 1.29. The summed E-state index contributed by atoms with van der Waals surface area (Å²) in [5.74, 6) is 0. The van der Waals surface area contributed by atoms with Crippen LogP contribution >= 0.6 is 11.8 Å². The van der Waals surface area contributed by atoms with Crippen LogP contribution in [0.3, 0.4) is 0 Å². The first-order chi connectivity index (χ1) is 9.65. The van der Waals surface area contributed by atoms with Crippen molar-refractivity contribution in [2.24, 2.45) is 0 Å². The Balaban J connectivity index is 2.45. The van der Waals surface area contributed by atoms with E-state index in [-0.39, 0.29) is 11.1 Å². The molecule has 2 rings (SSSR count). The summed E-state index contributed by atoms with van der Waals surface area (Å²) in [6, 6.07) is 12.7. The van der Waals surface area contributed by atoms with E-state index < -0.39 is 6.43 Å². The number of pyridine rings is 1. The van der Waals surface area contributed by atoms with Gasteiger partial charge in [-0.2, -0.15) is 5.26 Å². The van der Waals surface area contributed by atoms with E-state index in [1.807, 2.05) is 36.4 Å². The van der Waals surface area contributed by atoms with Crippen LogP contribution in [0.25, 0.3) is 0 Å². The van der Waals surface area contributed by atoms with E-state index in [4.69, 9.17) is 5.26 Å². The third-order valence-electron chi connectivity index (χ3n) is 2.84. The molecular formula is C15H12F2N2S. The monoisotopic (exact) mass is 290 g/mol. The smallest absolute Gasteiger partial charge is 0.245 e. The first-order valence-electron chi connectivity index (χ1n) is 5.95. The van der Waals surface area contributed by atoms with Crippen LogP contribution in [0.4, 0.5) is 8.78 Å². The van der Waals surface area contributed by atoms with Crippen LogP contribution in [-0.4, -0.2) is 11.2 Å². The van der Waals surface area contributed by atoms with Gasteiger partial charge in [0.15, 0.2) is 0 Å². The van der Waals surface area contributed by atoms with Gasteiger partial charge in [-0.25, -0.2) is 13.8 Å². The Morgan fingerprint density at radius 1 is 1.30 bits per heavy atom. The molecule has 5 heteroatoms. The van der Waals surface area contributed by atoms with E-state index in [1.54, 1.807) is 6.26 Å². The van der Waals surface area contributed by atoms with Crippen molar-refractivity contribution in [1.82, 2.24) is 4.98 Å². The van der Waals surface area contributed by atoms with Crippen molar-refractivity contribution in [3.63, 3.8) is 0 Å². The molecule has 0 amide bonds. The molecule has 2 aromatic rings. The van der Waals surface area contributed by atoms with Crippen LogP contribution in [0.2, 0.25) is 0 Å². The number of rotatable bonds is 4. The Bertz CT molecular complexity index is 636. The van der Waals surface area contributed by atoms with Gasteiger partial charge < -0.3 is 0 Å². The predicted octanol–water partition coefficient (Wildman–Crippen LogP) is 4.20. The normalized spacial score (nSPS) is 10.6. The molecule has 1 heterocycles. The van der Waals surface area contributed by atoms with Gasteiger partial charge in [-0.3, -0.25) is 0 Å². The van der Waals surface area contributed by atoms with Crippen molar-refractivity contribution in [3.05, 3.63) is 58.8 Å². The summed E-state index contributed by atoms with van der Waals surface area (Å²) in [6.45, 7) is 0. The molecule has 0 saturated heterocycles. The summed E-state index contributed by atoms with van der Waals surface area (Å²) < 4.78 is 26.1. The van der Waals surface area contributed by atoms with Gasteiger partial charge >= 0.3 is 0 Å². The van der Waals surface area contributed by atoms with Crippen molar-refractivity contribution in [2.75, 3.05) is 6.26 Å². The third kappa shape index (κ3) is 3.14. The van der Waals surface area contributed by atoms with Gasteiger partial charge in [-0.1, -0.05) is 30.3 Å². The summed E-state index contributed by atoms with van der Waals surface area (Å²) in [7, 11) is 0. The molecule has 1 aromatic heterocycles. The lowest BCUT2D eigenvalue weighted by atomic mass is 10.1. The second kappa shape index (κ2) is 6.49. The van der Waals surface area contributed by atoms with Crippen molar-refractivity contribution in [3.8, 4) is 6.07 Å². The fraction of sp³-hybridized carbons (Fsp3) is 0.200. The zero-order chi connectivity index (χ0) is 14.5. The molecule has 0 spiro atoms. The van der Waals surface area contributed by atoms with Crippen LogP contribution in [0.1, 0.15) is 28.8 Å². The summed E-state index contributed by atoms with van der Waals surface area (Å²) >= 11 is 1.21. The molecule has 0 aliphatic heterocycles. The fourth-order valence-corrected chi connectivity index (χ4v) is 2.50. The van der Waals surface area contributed by atoms with Crippen molar-refractivity contribution < 1.29 is 8.78 Å². The van der Waals surface area contributed by atoms with Gasteiger partial charge in [0.1, 0.15) is 11.1 Å². The molecule has 0 aliphatic rings. The summed E-state index contributed by atoms with van der Waals surface area (Å²) in [6.07, 6.45) is -0.474. The van der Waals surface area contributed by atoms with Gasteiger partial charge in [0, 0.05) is 17.7 Å². The van der Waals surface area contributed by atoms with E-state index in [0.717, 1.165) is 5.56 Å². The maximum absolute atomic E-state index is 13.1. The van der Waals surface area contributed by atoms with Crippen LogP contribution in [0, 0.1) is 11.3 Å². The second-order valence-electron chi connectivity index (χ2n) is 4.16. The molecule has 0 radical (unpaired) electrons. The molecule has 0 atom stereocenters. The topological polar surface area (TPSA) is 36.7 Å². The molecule has 2 nitrogen and oxygen atoms in total. The Morgan fingerprint density at radius 3 is 2.55 bits per heavy atom. The SMILES string of the molecule is CSc1nc(Cc2ccccc2)cc(C(F)F)c1C#N. The maximum atomic E-state index is 13.1. The van der Waals surface area contributed by atoms with Crippen LogP contribution in [-0.2, 0) is 6.42 Å². The predicted molar refractivity (Wildman–Crippen MR) is 74.9 cm³/mol. The Hall–Kier alpha value is -1.93. The number of benzene rings is 1. The molecule has 102 valence electrons. The molecule has 1 aromatic carbocycles. The molecule has 0 fully saturated rings. The van der Waals surface area contributed by atoms with Gasteiger partial charge in [0.25, 0.3) is 6.43 Å². The highest BCUT2D eigenvalue weighted by molar-refractivity contribution is 7.98. The van der Waals surface area contributed by atoms with Crippen molar-refractivity contribution in [2.45, 2.75) is 17.9 Å². The number of nitriles is 1. The lowest BCUT2D eigenvalue weighted by Gasteiger charge is -2.10. The van der Waals surface area contributed by atoms with Crippen LogP contribution in [0.5, 0.6) is 0 Å². The summed E-state index contributed by atoms with van der Waals surface area (Å²) in [4.78, 5) is 4.31. The minimum Gasteiger partial charge on any atom is -0.245 e. The summed E-state index contributed by atoms with van der Waals surface area (Å²) in [5, 5.41) is 9.38. The Morgan fingerprint density at radius 2 is 2.00 bits per heavy atom. The second-order valence-corrected chi connectivity index (χ2v) is 4.96. The number of aromatic nitrogens is 1. The zero-order valence-corrected chi connectivity index (χ0v) is 11.6. The molecular weight excluding hydrogens is 278 g/mol. The van der Waals surface area contributed by atoms with E-state index >= 15 is 0 Å². The lowest BCUT2D eigenvalue weighted by Crippen LogP contribution is -2.01. The number of alkyl halides is 2.